The highest BCUT2D eigenvalue weighted by Crippen LogP contribution is 2.40. The van der Waals surface area contributed by atoms with Crippen LogP contribution in [0.15, 0.2) is 53.4 Å². The summed E-state index contributed by atoms with van der Waals surface area (Å²) in [5.41, 5.74) is 3.46. The molecule has 5 nitrogen and oxygen atoms in total. The maximum atomic E-state index is 13.7. The van der Waals surface area contributed by atoms with Gasteiger partial charge >= 0.3 is 0 Å². The predicted molar refractivity (Wildman–Crippen MR) is 122 cm³/mol. The zero-order valence-electron chi connectivity index (χ0n) is 17.8. The normalized spacial score (nSPS) is 18.4. The second-order valence-corrected chi connectivity index (χ2v) is 12.7. The van der Waals surface area contributed by atoms with Crippen LogP contribution < -0.4 is 4.72 Å². The summed E-state index contributed by atoms with van der Waals surface area (Å²) < 4.78 is 44.5. The second-order valence-electron chi connectivity index (χ2n) is 8.90. The van der Waals surface area contributed by atoms with E-state index in [-0.39, 0.29) is 10.9 Å². The number of hydrogen-bond acceptors (Lipinski definition) is 4. The van der Waals surface area contributed by atoms with Gasteiger partial charge in [-0.2, -0.15) is 0 Å². The third-order valence-corrected chi connectivity index (χ3v) is 8.97. The number of rotatable bonds is 4. The average molecular weight is 445 g/mol. The Morgan fingerprint density at radius 2 is 1.77 bits per heavy atom. The molecular formula is C23H28N2O3S2. The van der Waals surface area contributed by atoms with E-state index in [4.69, 9.17) is 0 Å². The molecule has 0 spiro atoms. The first kappa shape index (κ1) is 21.4. The van der Waals surface area contributed by atoms with Crippen molar-refractivity contribution in [1.82, 2.24) is 8.69 Å². The van der Waals surface area contributed by atoms with Crippen molar-refractivity contribution in [3.63, 3.8) is 0 Å². The van der Waals surface area contributed by atoms with Crippen LogP contribution in [-0.4, -0.2) is 21.7 Å². The number of aryl methyl sites for hydroxylation is 1. The van der Waals surface area contributed by atoms with Crippen molar-refractivity contribution in [1.29, 1.82) is 0 Å². The third kappa shape index (κ3) is 3.68. The Labute approximate surface area is 181 Å². The van der Waals surface area contributed by atoms with E-state index in [1.54, 1.807) is 12.1 Å². The molecule has 0 saturated carbocycles. The van der Waals surface area contributed by atoms with Crippen LogP contribution >= 0.6 is 0 Å². The Balaban J connectivity index is 1.91. The van der Waals surface area contributed by atoms with Crippen molar-refractivity contribution in [2.75, 3.05) is 0 Å². The number of aromatic nitrogens is 1. The molecule has 0 radical (unpaired) electrons. The summed E-state index contributed by atoms with van der Waals surface area (Å²) in [6, 6.07) is 14.4. The molecular weight excluding hydrogens is 416 g/mol. The zero-order chi connectivity index (χ0) is 21.7. The Kier molecular flexibility index (Phi) is 5.51. The first-order valence-electron chi connectivity index (χ1n) is 10.2. The van der Waals surface area contributed by atoms with Gasteiger partial charge in [0.15, 0.2) is 0 Å². The monoisotopic (exact) mass is 444 g/mol. The van der Waals surface area contributed by atoms with E-state index in [1.165, 1.54) is 3.97 Å². The maximum Gasteiger partial charge on any atom is 0.268 e. The van der Waals surface area contributed by atoms with Gasteiger partial charge in [-0.15, -0.1) is 4.72 Å². The molecule has 2 aromatic carbocycles. The first-order valence-corrected chi connectivity index (χ1v) is 12.8. The van der Waals surface area contributed by atoms with Gasteiger partial charge in [0.25, 0.3) is 10.0 Å². The van der Waals surface area contributed by atoms with E-state index in [0.29, 0.717) is 11.9 Å². The Bertz CT molecular complexity index is 1180. The van der Waals surface area contributed by atoms with E-state index >= 15 is 0 Å². The van der Waals surface area contributed by atoms with Gasteiger partial charge in [0.1, 0.15) is 4.75 Å². The molecule has 0 amide bonds. The first-order chi connectivity index (χ1) is 14.1. The van der Waals surface area contributed by atoms with Crippen LogP contribution in [0.25, 0.3) is 10.9 Å². The largest absolute Gasteiger partial charge is 0.598 e. The lowest BCUT2D eigenvalue weighted by Gasteiger charge is -2.30. The highest BCUT2D eigenvalue weighted by atomic mass is 32.2. The number of benzene rings is 2. The summed E-state index contributed by atoms with van der Waals surface area (Å²) in [4.78, 5) is 0.282. The molecule has 0 saturated heterocycles. The van der Waals surface area contributed by atoms with E-state index < -0.39 is 26.1 Å². The number of nitrogens with zero attached hydrogens (tertiary/aromatic N) is 1. The topological polar surface area (TPSA) is 74.2 Å². The molecule has 3 aromatic rings. The summed E-state index contributed by atoms with van der Waals surface area (Å²) in [5, 5.41) is 0.909. The molecule has 30 heavy (non-hydrogen) atoms. The van der Waals surface area contributed by atoms with Crippen LogP contribution in [0.2, 0.25) is 0 Å². The molecule has 7 heteroatoms. The zero-order valence-corrected chi connectivity index (χ0v) is 19.4. The van der Waals surface area contributed by atoms with Crippen LogP contribution in [0.4, 0.5) is 0 Å². The minimum Gasteiger partial charge on any atom is -0.598 e. The minimum atomic E-state index is -3.75. The Hall–Kier alpha value is -1.80. The molecule has 160 valence electrons. The van der Waals surface area contributed by atoms with Crippen LogP contribution in [0.5, 0.6) is 0 Å². The van der Waals surface area contributed by atoms with Crippen LogP contribution in [0.3, 0.4) is 0 Å². The van der Waals surface area contributed by atoms with Crippen molar-refractivity contribution in [3.8, 4) is 0 Å². The van der Waals surface area contributed by atoms with E-state index in [0.717, 1.165) is 35.0 Å². The van der Waals surface area contributed by atoms with E-state index in [9.17, 15) is 13.0 Å². The number of nitrogens with one attached hydrogen (secondary N) is 1. The molecule has 1 aliphatic carbocycles. The summed E-state index contributed by atoms with van der Waals surface area (Å²) in [5.74, 6) is 0. The minimum absolute atomic E-state index is 0.145. The fourth-order valence-electron chi connectivity index (χ4n) is 4.05. The molecule has 4 rings (SSSR count). The average Bonchev–Trinajstić information content (AvgIpc) is 3.03. The number of para-hydroxylation sites is 1. The molecule has 1 aromatic heterocycles. The van der Waals surface area contributed by atoms with Crippen molar-refractivity contribution in [3.05, 3.63) is 65.4 Å². The standard InChI is InChI=1S/C23H28N2O3S2/c1-16-12-14-17(15-13-16)30(27,28)25-20-10-6-5-8-18(20)22-19(9-7-11-21(22)25)24-29(26)23(2,3)4/h5-6,8,10,12-15,19,24H,7,9,11H2,1-4H3/t19-,29+/m1/s1. The summed E-state index contributed by atoms with van der Waals surface area (Å²) in [7, 11) is -3.75. The van der Waals surface area contributed by atoms with Gasteiger partial charge in [-0.25, -0.2) is 12.4 Å². The fraction of sp³-hybridized carbons (Fsp3) is 0.391. The van der Waals surface area contributed by atoms with Crippen LogP contribution in [0.1, 0.15) is 56.5 Å². The smallest absolute Gasteiger partial charge is 0.268 e. The molecule has 0 unspecified atom stereocenters. The Morgan fingerprint density at radius 3 is 2.43 bits per heavy atom. The molecule has 0 bridgehead atoms. The highest BCUT2D eigenvalue weighted by molar-refractivity contribution is 7.91. The van der Waals surface area contributed by atoms with Gasteiger partial charge in [-0.05, 0) is 65.2 Å². The molecule has 0 fully saturated rings. The van der Waals surface area contributed by atoms with Crippen molar-refractivity contribution < 1.29 is 13.0 Å². The van der Waals surface area contributed by atoms with Gasteiger partial charge in [-0.3, -0.25) is 0 Å². The molecule has 1 heterocycles. The number of hydrogen-bond donors (Lipinski definition) is 1. The molecule has 1 N–H and O–H groups in total. The predicted octanol–water partition coefficient (Wildman–Crippen LogP) is 4.62. The lowest BCUT2D eigenvalue weighted by molar-refractivity contribution is 0.488. The molecule has 0 aliphatic heterocycles. The second kappa shape index (κ2) is 7.71. The lowest BCUT2D eigenvalue weighted by atomic mass is 9.91. The van der Waals surface area contributed by atoms with Crippen LogP contribution in [0, 0.1) is 6.92 Å². The van der Waals surface area contributed by atoms with E-state index in [1.807, 2.05) is 64.1 Å². The third-order valence-electron chi connectivity index (χ3n) is 5.59. The van der Waals surface area contributed by atoms with Gasteiger partial charge < -0.3 is 4.55 Å². The van der Waals surface area contributed by atoms with Gasteiger partial charge in [-0.1, -0.05) is 35.9 Å². The van der Waals surface area contributed by atoms with Crippen molar-refractivity contribution >= 4 is 32.3 Å². The quantitative estimate of drug-likeness (QED) is 0.596. The summed E-state index contributed by atoms with van der Waals surface area (Å²) in [6.45, 7) is 7.75. The number of fused-ring (bicyclic) bond motifs is 3. The molecule has 1 aliphatic rings. The van der Waals surface area contributed by atoms with Crippen molar-refractivity contribution in [2.45, 2.75) is 62.6 Å². The van der Waals surface area contributed by atoms with Crippen molar-refractivity contribution in [2.24, 2.45) is 0 Å². The van der Waals surface area contributed by atoms with E-state index in [2.05, 4.69) is 4.72 Å². The lowest BCUT2D eigenvalue weighted by Crippen LogP contribution is -2.42. The summed E-state index contributed by atoms with van der Waals surface area (Å²) >= 11 is -1.24. The summed E-state index contributed by atoms with van der Waals surface area (Å²) in [6.07, 6.45) is 2.34. The maximum absolute atomic E-state index is 13.7. The SMILES string of the molecule is Cc1ccc(S(=O)(=O)n2c3c(c4ccccc42)[C@H](N[S@@+]([O-])C(C)(C)C)CCC3)cc1. The molecule has 2 atom stereocenters. The van der Waals surface area contributed by atoms with Gasteiger partial charge in [0, 0.05) is 28.0 Å². The highest BCUT2D eigenvalue weighted by Gasteiger charge is 2.36. The van der Waals surface area contributed by atoms with Crippen LogP contribution in [-0.2, 0) is 27.8 Å². The fourth-order valence-corrected chi connectivity index (χ4v) is 6.48. The van der Waals surface area contributed by atoms with Gasteiger partial charge in [0.2, 0.25) is 0 Å². The van der Waals surface area contributed by atoms with Gasteiger partial charge in [0.05, 0.1) is 16.5 Å². The Morgan fingerprint density at radius 1 is 1.10 bits per heavy atom.